The molecule has 1 heterocycles. The summed E-state index contributed by atoms with van der Waals surface area (Å²) in [6.07, 6.45) is -2.71. The van der Waals surface area contributed by atoms with Gasteiger partial charge < -0.3 is 15.6 Å². The number of benzene rings is 2. The summed E-state index contributed by atoms with van der Waals surface area (Å²) in [6.45, 7) is -0.0831. The molecular weight excluding hydrogens is 355 g/mol. The molecule has 0 radical (unpaired) electrons. The van der Waals surface area contributed by atoms with E-state index in [1.807, 2.05) is 12.1 Å². The van der Waals surface area contributed by atoms with Gasteiger partial charge in [0.2, 0.25) is 0 Å². The minimum absolute atomic E-state index is 0.0378. The van der Waals surface area contributed by atoms with Crippen LogP contribution in [0.25, 0.3) is 10.9 Å². The van der Waals surface area contributed by atoms with Gasteiger partial charge in [0.25, 0.3) is 0 Å². The van der Waals surface area contributed by atoms with Crippen molar-refractivity contribution in [3.8, 4) is 0 Å². The minimum Gasteiger partial charge on any atom is -0.361 e. The van der Waals surface area contributed by atoms with Gasteiger partial charge in [0.05, 0.1) is 5.56 Å². The molecule has 0 fully saturated rings. The zero-order valence-corrected chi connectivity index (χ0v) is 13.5. The molecule has 3 N–H and O–H groups in total. The lowest BCUT2D eigenvalue weighted by molar-refractivity contribution is -0.137. The highest BCUT2D eigenvalue weighted by molar-refractivity contribution is 6.30. The fraction of sp³-hybridized carbons (Fsp3) is 0.118. The van der Waals surface area contributed by atoms with Crippen molar-refractivity contribution in [2.75, 3.05) is 5.32 Å². The molecule has 0 saturated carbocycles. The second-order valence-electron chi connectivity index (χ2n) is 5.43. The predicted octanol–water partition coefficient (Wildman–Crippen LogP) is 5.16. The molecule has 0 spiro atoms. The van der Waals surface area contributed by atoms with Gasteiger partial charge in [-0.25, -0.2) is 4.79 Å². The Balaban J connectivity index is 1.65. The molecule has 0 saturated heterocycles. The summed E-state index contributed by atoms with van der Waals surface area (Å²) in [5, 5.41) is 6.10. The van der Waals surface area contributed by atoms with Gasteiger partial charge in [-0.05, 0) is 47.3 Å². The fourth-order valence-corrected chi connectivity index (χ4v) is 2.66. The third kappa shape index (κ3) is 4.24. The van der Waals surface area contributed by atoms with E-state index in [9.17, 15) is 18.0 Å². The van der Waals surface area contributed by atoms with Crippen LogP contribution in [0.5, 0.6) is 0 Å². The summed E-state index contributed by atoms with van der Waals surface area (Å²) >= 11 is 5.71. The molecule has 25 heavy (non-hydrogen) atoms. The second kappa shape index (κ2) is 6.68. The van der Waals surface area contributed by atoms with Crippen molar-refractivity contribution in [1.29, 1.82) is 0 Å². The number of nitrogens with one attached hydrogen (secondary N) is 3. The van der Waals surface area contributed by atoms with Crippen molar-refractivity contribution in [2.45, 2.75) is 12.7 Å². The number of urea groups is 1. The lowest BCUT2D eigenvalue weighted by atomic mass is 10.1. The number of fused-ring (bicyclic) bond motifs is 1. The average Bonchev–Trinajstić information content (AvgIpc) is 2.99. The van der Waals surface area contributed by atoms with E-state index in [0.717, 1.165) is 23.0 Å². The van der Waals surface area contributed by atoms with Gasteiger partial charge in [-0.2, -0.15) is 13.2 Å². The van der Waals surface area contributed by atoms with Crippen LogP contribution < -0.4 is 10.6 Å². The first-order valence-electron chi connectivity index (χ1n) is 7.30. The van der Waals surface area contributed by atoms with Crippen molar-refractivity contribution in [3.05, 3.63) is 64.8 Å². The molecule has 8 heteroatoms. The van der Waals surface area contributed by atoms with Crippen LogP contribution in [0.15, 0.2) is 48.7 Å². The lowest BCUT2D eigenvalue weighted by Crippen LogP contribution is -2.28. The number of carbonyl (C=O) groups is 1. The molecule has 0 atom stereocenters. The smallest absolute Gasteiger partial charge is 0.361 e. The van der Waals surface area contributed by atoms with Gasteiger partial charge in [0, 0.05) is 29.0 Å². The van der Waals surface area contributed by atoms with Crippen LogP contribution in [0.3, 0.4) is 0 Å². The fourth-order valence-electron chi connectivity index (χ4n) is 2.40. The summed E-state index contributed by atoms with van der Waals surface area (Å²) in [4.78, 5) is 15.0. The Kier molecular flexibility index (Phi) is 4.59. The Labute approximate surface area is 146 Å². The van der Waals surface area contributed by atoms with E-state index in [2.05, 4.69) is 15.6 Å². The van der Waals surface area contributed by atoms with E-state index in [1.54, 1.807) is 18.3 Å². The van der Waals surface area contributed by atoms with Crippen LogP contribution in [0, 0.1) is 0 Å². The number of aromatic nitrogens is 1. The predicted molar refractivity (Wildman–Crippen MR) is 90.6 cm³/mol. The first-order valence-corrected chi connectivity index (χ1v) is 7.68. The molecular formula is C17H13ClF3N3O. The highest BCUT2D eigenvalue weighted by Crippen LogP contribution is 2.31. The third-order valence-electron chi connectivity index (χ3n) is 3.55. The van der Waals surface area contributed by atoms with Crippen LogP contribution in [0.4, 0.5) is 23.7 Å². The molecule has 130 valence electrons. The maximum absolute atomic E-state index is 12.8. The normalized spacial score (nSPS) is 11.5. The van der Waals surface area contributed by atoms with Gasteiger partial charge in [-0.15, -0.1) is 0 Å². The van der Waals surface area contributed by atoms with Crippen molar-refractivity contribution >= 4 is 34.2 Å². The van der Waals surface area contributed by atoms with Crippen LogP contribution >= 0.6 is 11.6 Å². The number of alkyl halides is 3. The van der Waals surface area contributed by atoms with Crippen LogP contribution in [0.1, 0.15) is 11.1 Å². The van der Waals surface area contributed by atoms with Crippen molar-refractivity contribution in [1.82, 2.24) is 10.3 Å². The Morgan fingerprint density at radius 3 is 2.68 bits per heavy atom. The summed E-state index contributed by atoms with van der Waals surface area (Å²) in [6, 6.07) is 9.88. The lowest BCUT2D eigenvalue weighted by Gasteiger charge is -2.11. The average molecular weight is 368 g/mol. The maximum atomic E-state index is 12.8. The van der Waals surface area contributed by atoms with Gasteiger partial charge in [0.15, 0.2) is 0 Å². The van der Waals surface area contributed by atoms with Crippen LogP contribution in [0.2, 0.25) is 5.02 Å². The summed E-state index contributed by atoms with van der Waals surface area (Å²) < 4.78 is 38.3. The molecule has 1 aromatic heterocycles. The maximum Gasteiger partial charge on any atom is 0.416 e. The third-order valence-corrected chi connectivity index (χ3v) is 3.77. The molecule has 0 aliphatic heterocycles. The Bertz CT molecular complexity index is 921. The molecule has 4 nitrogen and oxygen atoms in total. The van der Waals surface area contributed by atoms with Gasteiger partial charge in [-0.3, -0.25) is 0 Å². The van der Waals surface area contributed by atoms with Crippen molar-refractivity contribution < 1.29 is 18.0 Å². The Morgan fingerprint density at radius 2 is 1.92 bits per heavy atom. The molecule has 0 bridgehead atoms. The van der Waals surface area contributed by atoms with Crippen LogP contribution in [-0.2, 0) is 12.7 Å². The molecule has 3 aromatic rings. The van der Waals surface area contributed by atoms with E-state index in [1.165, 1.54) is 6.07 Å². The highest BCUT2D eigenvalue weighted by Gasteiger charge is 2.31. The first-order chi connectivity index (χ1) is 11.8. The van der Waals surface area contributed by atoms with E-state index in [-0.39, 0.29) is 17.1 Å². The van der Waals surface area contributed by atoms with Crippen molar-refractivity contribution in [3.63, 3.8) is 0 Å². The second-order valence-corrected chi connectivity index (χ2v) is 5.87. The van der Waals surface area contributed by atoms with E-state index in [4.69, 9.17) is 11.6 Å². The number of amides is 2. The number of rotatable bonds is 3. The number of anilines is 1. The van der Waals surface area contributed by atoms with E-state index < -0.39 is 17.8 Å². The number of carbonyl (C=O) groups excluding carboxylic acids is 1. The molecule has 2 amide bonds. The van der Waals surface area contributed by atoms with E-state index >= 15 is 0 Å². The monoisotopic (exact) mass is 367 g/mol. The minimum atomic E-state index is -4.49. The number of hydrogen-bond acceptors (Lipinski definition) is 1. The van der Waals surface area contributed by atoms with Gasteiger partial charge >= 0.3 is 12.2 Å². The Hall–Kier alpha value is -2.67. The standard InChI is InChI=1S/C17H13ClF3N3O/c18-13-6-10(5-12(7-13)17(19,20)21)9-23-16(25)24-14-2-1-11-3-4-22-15(11)8-14/h1-8,22H,9H2,(H2,23,24,25). The SMILES string of the molecule is O=C(NCc1cc(Cl)cc(C(F)(F)F)c1)Nc1ccc2cc[nH]c2c1. The van der Waals surface area contributed by atoms with Crippen LogP contribution in [-0.4, -0.2) is 11.0 Å². The first kappa shape index (κ1) is 17.2. The Morgan fingerprint density at radius 1 is 1.12 bits per heavy atom. The molecule has 2 aromatic carbocycles. The zero-order valence-electron chi connectivity index (χ0n) is 12.7. The number of aromatic amines is 1. The topological polar surface area (TPSA) is 56.9 Å². The molecule has 0 aliphatic rings. The molecule has 0 unspecified atom stereocenters. The summed E-state index contributed by atoms with van der Waals surface area (Å²) in [5.74, 6) is 0. The van der Waals surface area contributed by atoms with Crippen molar-refractivity contribution in [2.24, 2.45) is 0 Å². The zero-order chi connectivity index (χ0) is 18.0. The van der Waals surface area contributed by atoms with Gasteiger partial charge in [-0.1, -0.05) is 17.7 Å². The number of H-pyrrole nitrogens is 1. The number of halogens is 4. The highest BCUT2D eigenvalue weighted by atomic mass is 35.5. The van der Waals surface area contributed by atoms with Gasteiger partial charge in [0.1, 0.15) is 0 Å². The quantitative estimate of drug-likeness (QED) is 0.588. The molecule has 3 rings (SSSR count). The number of hydrogen-bond donors (Lipinski definition) is 3. The largest absolute Gasteiger partial charge is 0.416 e. The summed E-state index contributed by atoms with van der Waals surface area (Å²) in [5.41, 5.74) is 0.834. The summed E-state index contributed by atoms with van der Waals surface area (Å²) in [7, 11) is 0. The van der Waals surface area contributed by atoms with E-state index in [0.29, 0.717) is 5.69 Å². The molecule has 0 aliphatic carbocycles.